The number of benzene rings is 1. The molecule has 2 aromatic heterocycles. The van der Waals surface area contributed by atoms with Gasteiger partial charge in [0.25, 0.3) is 5.91 Å². The molecule has 1 amide bonds. The molecule has 0 radical (unpaired) electrons. The summed E-state index contributed by atoms with van der Waals surface area (Å²) < 4.78 is 1.88. The normalized spacial score (nSPS) is 10.7. The van der Waals surface area contributed by atoms with E-state index in [0.717, 1.165) is 11.3 Å². The fourth-order valence-electron chi connectivity index (χ4n) is 1.99. The summed E-state index contributed by atoms with van der Waals surface area (Å²) >= 11 is 5.81. The molecule has 0 fully saturated rings. The molecule has 0 aliphatic rings. The second-order valence-corrected chi connectivity index (χ2v) is 4.96. The number of anilines is 1. The highest BCUT2D eigenvalue weighted by Gasteiger charge is 2.08. The molecule has 0 aliphatic carbocycles. The smallest absolute Gasteiger partial charge is 0.255 e. The third-order valence-electron chi connectivity index (χ3n) is 2.94. The van der Waals surface area contributed by atoms with Crippen LogP contribution in [-0.4, -0.2) is 15.3 Å². The van der Waals surface area contributed by atoms with Crippen molar-refractivity contribution in [2.75, 3.05) is 5.32 Å². The van der Waals surface area contributed by atoms with Crippen molar-refractivity contribution in [2.45, 2.75) is 6.92 Å². The van der Waals surface area contributed by atoms with Crippen LogP contribution in [0.1, 0.15) is 16.1 Å². The van der Waals surface area contributed by atoms with Gasteiger partial charge in [0.15, 0.2) is 0 Å². The van der Waals surface area contributed by atoms with Crippen LogP contribution in [0.4, 0.5) is 5.69 Å². The molecule has 1 aromatic carbocycles. The minimum Gasteiger partial charge on any atom is -0.322 e. The van der Waals surface area contributed by atoms with Crippen LogP contribution >= 0.6 is 11.6 Å². The second-order valence-electron chi connectivity index (χ2n) is 4.52. The van der Waals surface area contributed by atoms with Crippen molar-refractivity contribution >= 4 is 28.8 Å². The highest BCUT2D eigenvalue weighted by molar-refractivity contribution is 6.30. The first-order valence-electron chi connectivity index (χ1n) is 6.14. The van der Waals surface area contributed by atoms with Crippen LogP contribution in [0, 0.1) is 6.92 Å². The Bertz CT molecular complexity index is 777. The van der Waals surface area contributed by atoms with Crippen LogP contribution in [0.25, 0.3) is 5.65 Å². The topological polar surface area (TPSA) is 46.4 Å². The number of aryl methyl sites for hydroxylation is 1. The largest absolute Gasteiger partial charge is 0.322 e. The minimum atomic E-state index is -0.171. The average molecular weight is 286 g/mol. The van der Waals surface area contributed by atoms with Crippen molar-refractivity contribution in [1.29, 1.82) is 0 Å². The van der Waals surface area contributed by atoms with Crippen LogP contribution in [0.2, 0.25) is 5.02 Å². The highest BCUT2D eigenvalue weighted by atomic mass is 35.5. The first-order chi connectivity index (χ1) is 9.61. The molecule has 0 atom stereocenters. The standard InChI is InChI=1S/C15H12ClN3O/c1-10-9-19-7-6-11(8-14(19)17-10)15(20)18-13-4-2-12(16)3-5-13/h2-9H,1H3,(H,18,20). The van der Waals surface area contributed by atoms with Gasteiger partial charge in [0.05, 0.1) is 5.69 Å². The lowest BCUT2D eigenvalue weighted by atomic mass is 10.2. The summed E-state index contributed by atoms with van der Waals surface area (Å²) in [4.78, 5) is 16.5. The first kappa shape index (κ1) is 12.7. The van der Waals surface area contributed by atoms with Gasteiger partial charge in [-0.25, -0.2) is 4.98 Å². The maximum absolute atomic E-state index is 12.2. The molecule has 3 aromatic rings. The van der Waals surface area contributed by atoms with Crippen LogP contribution in [0.3, 0.4) is 0 Å². The van der Waals surface area contributed by atoms with E-state index in [2.05, 4.69) is 10.3 Å². The summed E-state index contributed by atoms with van der Waals surface area (Å²) in [5, 5.41) is 3.46. The lowest BCUT2D eigenvalue weighted by Gasteiger charge is -2.05. The van der Waals surface area contributed by atoms with E-state index in [1.165, 1.54) is 0 Å². The molecule has 3 rings (SSSR count). The van der Waals surface area contributed by atoms with Gasteiger partial charge in [0.1, 0.15) is 5.65 Å². The molecule has 0 saturated heterocycles. The number of imidazole rings is 1. The number of amides is 1. The molecule has 5 heteroatoms. The Labute approximate surface area is 121 Å². The van der Waals surface area contributed by atoms with Crippen LogP contribution < -0.4 is 5.32 Å². The Morgan fingerprint density at radius 3 is 2.75 bits per heavy atom. The summed E-state index contributed by atoms with van der Waals surface area (Å²) in [6.45, 7) is 1.92. The number of carbonyl (C=O) groups excluding carboxylic acids is 1. The molecule has 4 nitrogen and oxygen atoms in total. The van der Waals surface area contributed by atoms with Crippen molar-refractivity contribution in [3.05, 3.63) is 65.1 Å². The van der Waals surface area contributed by atoms with Gasteiger partial charge < -0.3 is 9.72 Å². The SMILES string of the molecule is Cc1cn2ccc(C(=O)Nc3ccc(Cl)cc3)cc2n1. The van der Waals surface area contributed by atoms with Crippen molar-refractivity contribution in [2.24, 2.45) is 0 Å². The molecule has 0 spiro atoms. The van der Waals surface area contributed by atoms with E-state index in [0.29, 0.717) is 16.3 Å². The van der Waals surface area contributed by atoms with Gasteiger partial charge in [-0.2, -0.15) is 0 Å². The number of rotatable bonds is 2. The summed E-state index contributed by atoms with van der Waals surface area (Å²) in [6.07, 6.45) is 3.74. The zero-order chi connectivity index (χ0) is 14.1. The van der Waals surface area contributed by atoms with E-state index in [4.69, 9.17) is 11.6 Å². The van der Waals surface area contributed by atoms with Crippen LogP contribution in [0.5, 0.6) is 0 Å². The predicted molar refractivity (Wildman–Crippen MR) is 79.3 cm³/mol. The lowest BCUT2D eigenvalue weighted by molar-refractivity contribution is 0.102. The van der Waals surface area contributed by atoms with Gasteiger partial charge in [-0.1, -0.05) is 11.6 Å². The summed E-state index contributed by atoms with van der Waals surface area (Å²) in [5.41, 5.74) is 2.95. The van der Waals surface area contributed by atoms with E-state index in [-0.39, 0.29) is 5.91 Å². The highest BCUT2D eigenvalue weighted by Crippen LogP contribution is 2.15. The molecule has 1 N–H and O–H groups in total. The van der Waals surface area contributed by atoms with Gasteiger partial charge in [0.2, 0.25) is 0 Å². The lowest BCUT2D eigenvalue weighted by Crippen LogP contribution is -2.12. The van der Waals surface area contributed by atoms with Crippen molar-refractivity contribution < 1.29 is 4.79 Å². The number of hydrogen-bond donors (Lipinski definition) is 1. The molecule has 0 bridgehead atoms. The molecular formula is C15H12ClN3O. The van der Waals surface area contributed by atoms with Crippen LogP contribution in [0.15, 0.2) is 48.8 Å². The molecule has 2 heterocycles. The zero-order valence-electron chi connectivity index (χ0n) is 10.8. The Hall–Kier alpha value is -2.33. The predicted octanol–water partition coefficient (Wildman–Crippen LogP) is 3.55. The number of carbonyl (C=O) groups is 1. The second kappa shape index (κ2) is 4.98. The third kappa shape index (κ3) is 2.51. The van der Waals surface area contributed by atoms with E-state index >= 15 is 0 Å². The molecule has 20 heavy (non-hydrogen) atoms. The number of halogens is 1. The number of nitrogens with zero attached hydrogens (tertiary/aromatic N) is 2. The zero-order valence-corrected chi connectivity index (χ0v) is 11.6. The molecule has 0 aliphatic heterocycles. The molecule has 0 saturated carbocycles. The van der Waals surface area contributed by atoms with E-state index in [9.17, 15) is 4.79 Å². The number of aromatic nitrogens is 2. The fourth-order valence-corrected chi connectivity index (χ4v) is 2.11. The van der Waals surface area contributed by atoms with E-state index in [1.54, 1.807) is 36.4 Å². The monoisotopic (exact) mass is 285 g/mol. The third-order valence-corrected chi connectivity index (χ3v) is 3.20. The maximum atomic E-state index is 12.2. The Kier molecular flexibility index (Phi) is 3.16. The van der Waals surface area contributed by atoms with E-state index < -0.39 is 0 Å². The van der Waals surface area contributed by atoms with Gasteiger partial charge in [-0.3, -0.25) is 4.79 Å². The van der Waals surface area contributed by atoms with Gasteiger partial charge in [-0.05, 0) is 43.3 Å². The minimum absolute atomic E-state index is 0.171. The number of nitrogens with one attached hydrogen (secondary N) is 1. The Morgan fingerprint density at radius 1 is 1.25 bits per heavy atom. The Morgan fingerprint density at radius 2 is 2.00 bits per heavy atom. The summed E-state index contributed by atoms with van der Waals surface area (Å²) in [6, 6.07) is 10.5. The number of fused-ring (bicyclic) bond motifs is 1. The number of hydrogen-bond acceptors (Lipinski definition) is 2. The van der Waals surface area contributed by atoms with Gasteiger partial charge >= 0.3 is 0 Å². The van der Waals surface area contributed by atoms with E-state index in [1.807, 2.05) is 23.7 Å². The van der Waals surface area contributed by atoms with Crippen molar-refractivity contribution in [1.82, 2.24) is 9.38 Å². The van der Waals surface area contributed by atoms with Crippen molar-refractivity contribution in [3.8, 4) is 0 Å². The van der Waals surface area contributed by atoms with Gasteiger partial charge in [0, 0.05) is 28.7 Å². The quantitative estimate of drug-likeness (QED) is 0.783. The Balaban J connectivity index is 1.86. The average Bonchev–Trinajstić information content (AvgIpc) is 2.80. The molecule has 0 unspecified atom stereocenters. The summed E-state index contributed by atoms with van der Waals surface area (Å²) in [5.74, 6) is -0.171. The molecule has 100 valence electrons. The van der Waals surface area contributed by atoms with Crippen molar-refractivity contribution in [3.63, 3.8) is 0 Å². The maximum Gasteiger partial charge on any atom is 0.255 e. The number of pyridine rings is 1. The van der Waals surface area contributed by atoms with Crippen LogP contribution in [-0.2, 0) is 0 Å². The fraction of sp³-hybridized carbons (Fsp3) is 0.0667. The molecular weight excluding hydrogens is 274 g/mol. The summed E-state index contributed by atoms with van der Waals surface area (Å²) in [7, 11) is 0. The van der Waals surface area contributed by atoms with Gasteiger partial charge in [-0.15, -0.1) is 0 Å². The first-order valence-corrected chi connectivity index (χ1v) is 6.52.